The molecule has 2 N–H and O–H groups in total. The Labute approximate surface area is 121 Å². The third kappa shape index (κ3) is 3.25. The first kappa shape index (κ1) is 15.1. The number of aliphatic carboxylic acids is 1. The largest absolute Gasteiger partial charge is 0.481 e. The van der Waals surface area contributed by atoms with E-state index < -0.39 is 28.0 Å². The van der Waals surface area contributed by atoms with Crippen LogP contribution in [0.15, 0.2) is 16.4 Å². The number of hydrogen-bond donors (Lipinski definition) is 2. The normalized spacial score (nSPS) is 22.9. The number of carboxylic acid groups (broad SMARTS) is 1. The first-order valence-electron chi connectivity index (χ1n) is 6.15. The first-order valence-corrected chi connectivity index (χ1v) is 8.45. The van der Waals surface area contributed by atoms with E-state index in [1.54, 1.807) is 26.0 Å². The molecule has 1 aromatic heterocycles. The topological polar surface area (TPSA) is 96.4 Å². The summed E-state index contributed by atoms with van der Waals surface area (Å²) >= 11 is 1.11. The highest BCUT2D eigenvalue weighted by Gasteiger charge is 2.29. The smallest absolute Gasteiger partial charge is 0.306 e. The molecule has 0 radical (unpaired) electrons. The Kier molecular flexibility index (Phi) is 4.26. The highest BCUT2D eigenvalue weighted by molar-refractivity contribution is 7.91. The van der Waals surface area contributed by atoms with Gasteiger partial charge in [-0.05, 0) is 26.7 Å². The third-order valence-electron chi connectivity index (χ3n) is 3.09. The lowest BCUT2D eigenvalue weighted by molar-refractivity contribution is -0.142. The van der Waals surface area contributed by atoms with E-state index in [4.69, 9.17) is 5.11 Å². The van der Waals surface area contributed by atoms with Crippen molar-refractivity contribution in [3.05, 3.63) is 22.9 Å². The lowest BCUT2D eigenvalue weighted by atomic mass is 9.92. The fraction of sp³-hybridized carbons (Fsp3) is 0.500. The Morgan fingerprint density at radius 1 is 1.50 bits per heavy atom. The number of sulfonamides is 1. The zero-order chi connectivity index (χ0) is 14.9. The van der Waals surface area contributed by atoms with E-state index >= 15 is 0 Å². The molecule has 0 bridgehead atoms. The van der Waals surface area contributed by atoms with Crippen LogP contribution in [-0.2, 0) is 14.8 Å². The summed E-state index contributed by atoms with van der Waals surface area (Å²) < 4.78 is 27.3. The molecule has 1 aliphatic carbocycles. The molecule has 0 saturated heterocycles. The van der Waals surface area contributed by atoms with Crippen molar-refractivity contribution in [2.45, 2.75) is 36.9 Å². The molecule has 0 fully saturated rings. The van der Waals surface area contributed by atoms with Gasteiger partial charge in [-0.25, -0.2) is 18.1 Å². The summed E-state index contributed by atoms with van der Waals surface area (Å²) in [5.74, 6) is -1.44. The maximum atomic E-state index is 12.3. The van der Waals surface area contributed by atoms with Gasteiger partial charge in [0.05, 0.1) is 16.6 Å². The minimum atomic E-state index is -3.66. The summed E-state index contributed by atoms with van der Waals surface area (Å²) in [4.78, 5) is 15.1. The van der Waals surface area contributed by atoms with Crippen LogP contribution >= 0.6 is 11.3 Å². The maximum absolute atomic E-state index is 12.3. The highest BCUT2D eigenvalue weighted by Crippen LogP contribution is 2.25. The summed E-state index contributed by atoms with van der Waals surface area (Å²) in [5.41, 5.74) is 0.467. The lowest BCUT2D eigenvalue weighted by Gasteiger charge is -2.22. The SMILES string of the molecule is Cc1nc(C)c(S(=O)(=O)N[C@H]2C=CC[C@H](C(=O)O)C2)s1. The highest BCUT2D eigenvalue weighted by atomic mass is 32.2. The molecule has 0 saturated carbocycles. The van der Waals surface area contributed by atoms with Gasteiger partial charge in [-0.1, -0.05) is 12.2 Å². The van der Waals surface area contributed by atoms with Crippen LogP contribution in [0.25, 0.3) is 0 Å². The number of aromatic nitrogens is 1. The second-order valence-corrected chi connectivity index (χ2v) is 7.88. The van der Waals surface area contributed by atoms with Crippen LogP contribution in [0.2, 0.25) is 0 Å². The van der Waals surface area contributed by atoms with Crippen LogP contribution in [0.5, 0.6) is 0 Å². The molecule has 2 atom stereocenters. The Balaban J connectivity index is 2.17. The van der Waals surface area contributed by atoms with Gasteiger partial charge in [-0.3, -0.25) is 4.79 Å². The van der Waals surface area contributed by atoms with Gasteiger partial charge in [0, 0.05) is 6.04 Å². The second-order valence-electron chi connectivity index (χ2n) is 4.77. The second kappa shape index (κ2) is 5.63. The summed E-state index contributed by atoms with van der Waals surface area (Å²) in [6, 6.07) is -0.489. The summed E-state index contributed by atoms with van der Waals surface area (Å²) in [5, 5.41) is 9.69. The molecule has 110 valence electrons. The van der Waals surface area contributed by atoms with Gasteiger partial charge < -0.3 is 5.11 Å². The van der Waals surface area contributed by atoms with E-state index in [1.807, 2.05) is 0 Å². The van der Waals surface area contributed by atoms with Crippen LogP contribution in [0, 0.1) is 19.8 Å². The van der Waals surface area contributed by atoms with Gasteiger partial charge in [0.15, 0.2) is 4.21 Å². The van der Waals surface area contributed by atoms with Crippen molar-refractivity contribution in [1.82, 2.24) is 9.71 Å². The van der Waals surface area contributed by atoms with E-state index in [9.17, 15) is 13.2 Å². The predicted octanol–water partition coefficient (Wildman–Crippen LogP) is 1.46. The number of allylic oxidation sites excluding steroid dienone is 1. The number of thiazole rings is 1. The van der Waals surface area contributed by atoms with Crippen LogP contribution in [0.4, 0.5) is 0 Å². The van der Waals surface area contributed by atoms with Crippen molar-refractivity contribution < 1.29 is 18.3 Å². The molecule has 0 aliphatic heterocycles. The molecule has 8 heteroatoms. The Bertz CT molecular complexity index is 648. The summed E-state index contributed by atoms with van der Waals surface area (Å²) in [7, 11) is -3.66. The molecular formula is C12H16N2O4S2. The number of carboxylic acids is 1. The van der Waals surface area contributed by atoms with Gasteiger partial charge in [-0.15, -0.1) is 11.3 Å². The Hall–Kier alpha value is -1.25. The zero-order valence-electron chi connectivity index (χ0n) is 11.2. The van der Waals surface area contributed by atoms with E-state index in [1.165, 1.54) is 0 Å². The lowest BCUT2D eigenvalue weighted by Crippen LogP contribution is -2.37. The van der Waals surface area contributed by atoms with Gasteiger partial charge in [-0.2, -0.15) is 0 Å². The Morgan fingerprint density at radius 2 is 2.20 bits per heavy atom. The maximum Gasteiger partial charge on any atom is 0.306 e. The number of hydrogen-bond acceptors (Lipinski definition) is 5. The number of nitrogens with zero attached hydrogens (tertiary/aromatic N) is 1. The monoisotopic (exact) mass is 316 g/mol. The molecule has 6 nitrogen and oxygen atoms in total. The minimum Gasteiger partial charge on any atom is -0.481 e. The first-order chi connectivity index (χ1) is 9.29. The minimum absolute atomic E-state index is 0.195. The average molecular weight is 316 g/mol. The molecule has 20 heavy (non-hydrogen) atoms. The van der Waals surface area contributed by atoms with E-state index in [0.717, 1.165) is 11.3 Å². The summed E-state index contributed by atoms with van der Waals surface area (Å²) in [6.45, 7) is 3.40. The molecular weight excluding hydrogens is 300 g/mol. The van der Waals surface area contributed by atoms with E-state index in [2.05, 4.69) is 9.71 Å². The molecule has 0 spiro atoms. The molecule has 1 aromatic rings. The van der Waals surface area contributed by atoms with Crippen molar-refractivity contribution >= 4 is 27.3 Å². The number of aryl methyl sites for hydroxylation is 2. The molecule has 0 aromatic carbocycles. The van der Waals surface area contributed by atoms with E-state index in [-0.39, 0.29) is 10.6 Å². The van der Waals surface area contributed by atoms with Crippen LogP contribution < -0.4 is 4.72 Å². The van der Waals surface area contributed by atoms with Gasteiger partial charge in [0.1, 0.15) is 0 Å². The quantitative estimate of drug-likeness (QED) is 0.820. The standard InChI is InChI=1S/C12H16N2O4S2/c1-7-12(19-8(2)13-7)20(17,18)14-10-5-3-4-9(6-10)11(15)16/h3,5,9-10,14H,4,6H2,1-2H3,(H,15,16)/t9-,10-/m0/s1. The molecule has 0 amide bonds. The Morgan fingerprint density at radius 3 is 2.75 bits per heavy atom. The van der Waals surface area contributed by atoms with Crippen LogP contribution in [0.1, 0.15) is 23.5 Å². The van der Waals surface area contributed by atoms with Crippen molar-refractivity contribution in [2.24, 2.45) is 5.92 Å². The number of carbonyl (C=O) groups is 1. The number of rotatable bonds is 4. The molecule has 0 unspecified atom stereocenters. The molecule has 1 aliphatic rings. The van der Waals surface area contributed by atoms with Crippen LogP contribution in [-0.4, -0.2) is 30.5 Å². The van der Waals surface area contributed by atoms with Crippen molar-refractivity contribution in [1.29, 1.82) is 0 Å². The third-order valence-corrected chi connectivity index (χ3v) is 6.26. The zero-order valence-corrected chi connectivity index (χ0v) is 12.8. The fourth-order valence-electron chi connectivity index (χ4n) is 2.19. The summed E-state index contributed by atoms with van der Waals surface area (Å²) in [6.07, 6.45) is 4.12. The van der Waals surface area contributed by atoms with Crippen molar-refractivity contribution in [3.63, 3.8) is 0 Å². The van der Waals surface area contributed by atoms with Crippen molar-refractivity contribution in [3.8, 4) is 0 Å². The fourth-order valence-corrected chi connectivity index (χ4v) is 4.90. The van der Waals surface area contributed by atoms with E-state index in [0.29, 0.717) is 17.1 Å². The van der Waals surface area contributed by atoms with Gasteiger partial charge >= 0.3 is 5.97 Å². The number of nitrogens with one attached hydrogen (secondary N) is 1. The molecule has 2 rings (SSSR count). The molecule has 1 heterocycles. The van der Waals surface area contributed by atoms with Gasteiger partial charge in [0.2, 0.25) is 0 Å². The van der Waals surface area contributed by atoms with Gasteiger partial charge in [0.25, 0.3) is 10.0 Å². The predicted molar refractivity (Wildman–Crippen MR) is 75.2 cm³/mol. The average Bonchev–Trinajstić information content (AvgIpc) is 2.69. The van der Waals surface area contributed by atoms with Crippen LogP contribution in [0.3, 0.4) is 0 Å². The van der Waals surface area contributed by atoms with Crippen molar-refractivity contribution in [2.75, 3.05) is 0 Å².